The molecule has 0 aliphatic rings. The maximum absolute atomic E-state index is 10.4. The van der Waals surface area contributed by atoms with Crippen LogP contribution in [0.3, 0.4) is 0 Å². The Morgan fingerprint density at radius 3 is 2.84 bits per heavy atom. The number of aliphatic hydroxyl groups is 1. The van der Waals surface area contributed by atoms with Crippen LogP contribution in [0.25, 0.3) is 10.9 Å². The van der Waals surface area contributed by atoms with Crippen LogP contribution in [0.5, 0.6) is 0 Å². The van der Waals surface area contributed by atoms with E-state index < -0.39 is 6.10 Å². The topological polar surface area (TPSA) is 72.0 Å². The highest BCUT2D eigenvalue weighted by Gasteiger charge is 2.17. The number of thiazole rings is 1. The number of nitrogen functional groups attached to an aromatic ring is 1. The van der Waals surface area contributed by atoms with E-state index in [0.717, 1.165) is 5.39 Å². The molecule has 0 aliphatic heterocycles. The Morgan fingerprint density at radius 2 is 2.11 bits per heavy atom. The van der Waals surface area contributed by atoms with Crippen LogP contribution in [-0.2, 0) is 0 Å². The molecule has 3 N–H and O–H groups in total. The molecular formula is C13H10ClN3OS. The molecule has 3 rings (SSSR count). The number of halogens is 1. The van der Waals surface area contributed by atoms with Gasteiger partial charge in [0.25, 0.3) is 0 Å². The molecule has 19 heavy (non-hydrogen) atoms. The molecule has 0 saturated carbocycles. The predicted octanol–water partition coefficient (Wildman–Crippen LogP) is 3.01. The molecule has 4 nitrogen and oxygen atoms in total. The standard InChI is InChI=1S/C13H10ClN3OS/c14-9-4-3-8(11-7(9)2-1-5-16-11)12(18)10-6-17-13(15)19-10/h1-6,12,18H,(H2,15,17). The Balaban J connectivity index is 2.18. The summed E-state index contributed by atoms with van der Waals surface area (Å²) < 4.78 is 0. The summed E-state index contributed by atoms with van der Waals surface area (Å²) in [7, 11) is 0. The summed E-state index contributed by atoms with van der Waals surface area (Å²) in [5.41, 5.74) is 6.98. The van der Waals surface area contributed by atoms with Gasteiger partial charge in [-0.15, -0.1) is 0 Å². The molecule has 2 aromatic heterocycles. The van der Waals surface area contributed by atoms with Crippen molar-refractivity contribution in [2.75, 3.05) is 5.73 Å². The number of nitrogens with two attached hydrogens (primary N) is 1. The molecule has 1 aromatic carbocycles. The molecule has 0 fully saturated rings. The minimum absolute atomic E-state index is 0.431. The van der Waals surface area contributed by atoms with E-state index in [-0.39, 0.29) is 0 Å². The molecule has 0 aliphatic carbocycles. The largest absolute Gasteiger partial charge is 0.383 e. The summed E-state index contributed by atoms with van der Waals surface area (Å²) in [6, 6.07) is 7.23. The fraction of sp³-hybridized carbons (Fsp3) is 0.0769. The van der Waals surface area contributed by atoms with E-state index in [4.69, 9.17) is 17.3 Å². The number of nitrogens with zero attached hydrogens (tertiary/aromatic N) is 2. The van der Waals surface area contributed by atoms with Crippen LogP contribution in [0.15, 0.2) is 36.7 Å². The molecule has 3 aromatic rings. The van der Waals surface area contributed by atoms with Crippen molar-refractivity contribution in [1.82, 2.24) is 9.97 Å². The van der Waals surface area contributed by atoms with E-state index in [2.05, 4.69) is 9.97 Å². The minimum atomic E-state index is -0.801. The zero-order valence-electron chi connectivity index (χ0n) is 9.75. The summed E-state index contributed by atoms with van der Waals surface area (Å²) in [4.78, 5) is 8.94. The van der Waals surface area contributed by atoms with Crippen molar-refractivity contribution in [2.45, 2.75) is 6.10 Å². The number of anilines is 1. The van der Waals surface area contributed by atoms with Crippen molar-refractivity contribution in [3.63, 3.8) is 0 Å². The number of hydrogen-bond donors (Lipinski definition) is 2. The van der Waals surface area contributed by atoms with Crippen molar-refractivity contribution in [2.24, 2.45) is 0 Å². The van der Waals surface area contributed by atoms with Gasteiger partial charge in [-0.1, -0.05) is 29.0 Å². The maximum atomic E-state index is 10.4. The van der Waals surface area contributed by atoms with Crippen molar-refractivity contribution in [3.05, 3.63) is 52.1 Å². The second-order valence-electron chi connectivity index (χ2n) is 4.04. The van der Waals surface area contributed by atoms with E-state index in [1.807, 2.05) is 12.1 Å². The molecule has 0 spiro atoms. The Kier molecular flexibility index (Phi) is 3.10. The van der Waals surface area contributed by atoms with Crippen molar-refractivity contribution >= 4 is 39.0 Å². The Morgan fingerprint density at radius 1 is 1.26 bits per heavy atom. The average Bonchev–Trinajstić information content (AvgIpc) is 2.86. The molecule has 0 saturated heterocycles. The van der Waals surface area contributed by atoms with Gasteiger partial charge < -0.3 is 10.8 Å². The molecule has 0 radical (unpaired) electrons. The first-order chi connectivity index (χ1) is 9.16. The van der Waals surface area contributed by atoms with Gasteiger partial charge in [-0.3, -0.25) is 4.98 Å². The molecule has 0 bridgehead atoms. The van der Waals surface area contributed by atoms with Crippen LogP contribution in [0, 0.1) is 0 Å². The SMILES string of the molecule is Nc1ncc(C(O)c2ccc(Cl)c3cccnc23)s1. The van der Waals surface area contributed by atoms with Gasteiger partial charge in [-0.2, -0.15) is 0 Å². The lowest BCUT2D eigenvalue weighted by molar-refractivity contribution is 0.225. The van der Waals surface area contributed by atoms with Crippen LogP contribution < -0.4 is 5.73 Å². The fourth-order valence-corrected chi connectivity index (χ4v) is 2.87. The Hall–Kier alpha value is -1.69. The van der Waals surface area contributed by atoms with E-state index in [9.17, 15) is 5.11 Å². The molecule has 1 unspecified atom stereocenters. The van der Waals surface area contributed by atoms with Crippen molar-refractivity contribution in [1.29, 1.82) is 0 Å². The highest BCUT2D eigenvalue weighted by Crippen LogP contribution is 2.33. The van der Waals surface area contributed by atoms with Crippen molar-refractivity contribution < 1.29 is 5.11 Å². The van der Waals surface area contributed by atoms with Gasteiger partial charge in [0, 0.05) is 28.4 Å². The first-order valence-corrected chi connectivity index (χ1v) is 6.78. The first-order valence-electron chi connectivity index (χ1n) is 5.59. The molecule has 0 amide bonds. The summed E-state index contributed by atoms with van der Waals surface area (Å²) >= 11 is 7.39. The number of aromatic nitrogens is 2. The third-order valence-electron chi connectivity index (χ3n) is 2.85. The number of rotatable bonds is 2. The quantitative estimate of drug-likeness (QED) is 0.761. The maximum Gasteiger partial charge on any atom is 0.180 e. The van der Waals surface area contributed by atoms with Crippen LogP contribution in [0.1, 0.15) is 16.5 Å². The highest BCUT2D eigenvalue weighted by molar-refractivity contribution is 7.15. The van der Waals surface area contributed by atoms with Gasteiger partial charge in [0.05, 0.1) is 10.4 Å². The number of pyridine rings is 1. The van der Waals surface area contributed by atoms with E-state index >= 15 is 0 Å². The van der Waals surface area contributed by atoms with Gasteiger partial charge in [0.1, 0.15) is 6.10 Å². The monoisotopic (exact) mass is 291 g/mol. The molecule has 1 atom stereocenters. The van der Waals surface area contributed by atoms with Gasteiger partial charge in [-0.05, 0) is 18.2 Å². The van der Waals surface area contributed by atoms with E-state index in [0.29, 0.717) is 26.1 Å². The van der Waals surface area contributed by atoms with Crippen LogP contribution in [0.4, 0.5) is 5.13 Å². The van der Waals surface area contributed by atoms with Crippen LogP contribution in [-0.4, -0.2) is 15.1 Å². The average molecular weight is 292 g/mol. The number of benzene rings is 1. The minimum Gasteiger partial charge on any atom is -0.383 e. The molecule has 6 heteroatoms. The number of aliphatic hydroxyl groups excluding tert-OH is 1. The smallest absolute Gasteiger partial charge is 0.180 e. The second kappa shape index (κ2) is 4.77. The van der Waals surface area contributed by atoms with Crippen LogP contribution >= 0.6 is 22.9 Å². The van der Waals surface area contributed by atoms with E-state index in [1.165, 1.54) is 11.3 Å². The van der Waals surface area contributed by atoms with Gasteiger partial charge in [0.2, 0.25) is 0 Å². The Bertz CT molecular complexity index is 744. The lowest BCUT2D eigenvalue weighted by atomic mass is 10.0. The molecule has 2 heterocycles. The molecule has 96 valence electrons. The summed E-state index contributed by atoms with van der Waals surface area (Å²) in [5, 5.41) is 12.3. The second-order valence-corrected chi connectivity index (χ2v) is 5.54. The van der Waals surface area contributed by atoms with E-state index in [1.54, 1.807) is 24.5 Å². The highest BCUT2D eigenvalue weighted by atomic mass is 35.5. The predicted molar refractivity (Wildman–Crippen MR) is 77.3 cm³/mol. The normalized spacial score (nSPS) is 12.7. The third kappa shape index (κ3) is 2.16. The van der Waals surface area contributed by atoms with Gasteiger partial charge in [-0.25, -0.2) is 4.98 Å². The lowest BCUT2D eigenvalue weighted by Crippen LogP contribution is -1.99. The zero-order chi connectivity index (χ0) is 13.4. The van der Waals surface area contributed by atoms with Crippen LogP contribution in [0.2, 0.25) is 5.02 Å². The van der Waals surface area contributed by atoms with Crippen molar-refractivity contribution in [3.8, 4) is 0 Å². The Labute approximate surface area is 118 Å². The van der Waals surface area contributed by atoms with Gasteiger partial charge in [0.15, 0.2) is 5.13 Å². The number of fused-ring (bicyclic) bond motifs is 1. The van der Waals surface area contributed by atoms with Gasteiger partial charge >= 0.3 is 0 Å². The molecular weight excluding hydrogens is 282 g/mol. The third-order valence-corrected chi connectivity index (χ3v) is 4.06. The lowest BCUT2D eigenvalue weighted by Gasteiger charge is -2.11. The number of hydrogen-bond acceptors (Lipinski definition) is 5. The first kappa shape index (κ1) is 12.3. The zero-order valence-corrected chi connectivity index (χ0v) is 11.3. The fourth-order valence-electron chi connectivity index (χ4n) is 1.96. The summed E-state index contributed by atoms with van der Waals surface area (Å²) in [6.45, 7) is 0. The summed E-state index contributed by atoms with van der Waals surface area (Å²) in [6.07, 6.45) is 2.45. The summed E-state index contributed by atoms with van der Waals surface area (Å²) in [5.74, 6) is 0.